The zero-order valence-corrected chi connectivity index (χ0v) is 21.8. The van der Waals surface area contributed by atoms with Gasteiger partial charge in [0.25, 0.3) is 15.9 Å². The molecule has 190 valence electrons. The van der Waals surface area contributed by atoms with Gasteiger partial charge in [-0.2, -0.15) is 0 Å². The fourth-order valence-corrected chi connectivity index (χ4v) is 4.71. The standard InChI is InChI=1S/C26H29ClN4O4S/c1-4-17-7-14-23(27)22(15-17)24(32)30-25(33)29-19-10-12-21(13-11-19)36(34,35)31-20-8-5-18(6-9-20)16-26(2,3)28/h5-15,31H,4,16,28H2,1-3H3,(H2,29,30,32,33). The normalized spacial score (nSPS) is 11.6. The first kappa shape index (κ1) is 27.2. The third-order valence-corrected chi connectivity index (χ3v) is 6.93. The molecule has 0 saturated carbocycles. The lowest BCUT2D eigenvalue weighted by molar-refractivity contribution is 0.0967. The van der Waals surface area contributed by atoms with E-state index in [1.165, 1.54) is 24.3 Å². The first-order valence-electron chi connectivity index (χ1n) is 11.3. The molecule has 8 nitrogen and oxygen atoms in total. The number of hydrogen-bond acceptors (Lipinski definition) is 5. The molecule has 0 aliphatic heterocycles. The third-order valence-electron chi connectivity index (χ3n) is 5.20. The highest BCUT2D eigenvalue weighted by molar-refractivity contribution is 7.92. The Hall–Kier alpha value is -3.40. The Balaban J connectivity index is 1.62. The van der Waals surface area contributed by atoms with Crippen LogP contribution in [0.3, 0.4) is 0 Å². The molecule has 3 amide bonds. The zero-order chi connectivity index (χ0) is 26.5. The number of aryl methyl sites for hydroxylation is 1. The smallest absolute Gasteiger partial charge is 0.325 e. The van der Waals surface area contributed by atoms with Crippen LogP contribution >= 0.6 is 11.6 Å². The summed E-state index contributed by atoms with van der Waals surface area (Å²) in [7, 11) is -3.84. The van der Waals surface area contributed by atoms with Crippen molar-refractivity contribution in [3.05, 3.63) is 88.4 Å². The van der Waals surface area contributed by atoms with Gasteiger partial charge in [-0.15, -0.1) is 0 Å². The number of imide groups is 1. The van der Waals surface area contributed by atoms with Gasteiger partial charge >= 0.3 is 6.03 Å². The number of halogens is 1. The van der Waals surface area contributed by atoms with Crippen LogP contribution in [0.1, 0.15) is 42.3 Å². The molecule has 0 spiro atoms. The molecule has 0 heterocycles. The van der Waals surface area contributed by atoms with Crippen LogP contribution in [0.15, 0.2) is 71.6 Å². The van der Waals surface area contributed by atoms with Gasteiger partial charge in [0.15, 0.2) is 0 Å². The SMILES string of the molecule is CCc1ccc(Cl)c(C(=O)NC(=O)Nc2ccc(S(=O)(=O)Nc3ccc(CC(C)(C)N)cc3)cc2)c1. The molecule has 0 atom stereocenters. The lowest BCUT2D eigenvalue weighted by atomic mass is 9.96. The first-order valence-corrected chi connectivity index (χ1v) is 13.1. The third kappa shape index (κ3) is 7.55. The lowest BCUT2D eigenvalue weighted by Crippen LogP contribution is -2.34. The summed E-state index contributed by atoms with van der Waals surface area (Å²) in [5.41, 5.74) is 8.48. The fourth-order valence-electron chi connectivity index (χ4n) is 3.45. The summed E-state index contributed by atoms with van der Waals surface area (Å²) in [6.45, 7) is 5.78. The monoisotopic (exact) mass is 528 g/mol. The van der Waals surface area contributed by atoms with Crippen LogP contribution < -0.4 is 21.1 Å². The molecule has 0 bridgehead atoms. The molecule has 3 rings (SSSR count). The van der Waals surface area contributed by atoms with Crippen LogP contribution in [-0.2, 0) is 22.9 Å². The van der Waals surface area contributed by atoms with E-state index in [9.17, 15) is 18.0 Å². The Labute approximate surface area is 216 Å². The van der Waals surface area contributed by atoms with Crippen LogP contribution in [-0.4, -0.2) is 25.9 Å². The second-order valence-electron chi connectivity index (χ2n) is 9.07. The molecular formula is C26H29ClN4O4S. The van der Waals surface area contributed by atoms with Gasteiger partial charge in [-0.25, -0.2) is 13.2 Å². The quantitative estimate of drug-likeness (QED) is 0.329. The number of anilines is 2. The number of nitrogens with two attached hydrogens (primary N) is 1. The van der Waals surface area contributed by atoms with E-state index in [-0.39, 0.29) is 21.0 Å². The highest BCUT2D eigenvalue weighted by Crippen LogP contribution is 2.21. The predicted molar refractivity (Wildman–Crippen MR) is 143 cm³/mol. The van der Waals surface area contributed by atoms with Crippen molar-refractivity contribution in [1.29, 1.82) is 0 Å². The van der Waals surface area contributed by atoms with E-state index in [0.29, 0.717) is 24.2 Å². The maximum atomic E-state index is 12.7. The number of hydrogen-bond donors (Lipinski definition) is 4. The number of amides is 3. The van der Waals surface area contributed by atoms with Crippen molar-refractivity contribution in [2.24, 2.45) is 5.73 Å². The Bertz CT molecular complexity index is 1350. The minimum atomic E-state index is -3.84. The van der Waals surface area contributed by atoms with Crippen molar-refractivity contribution in [2.45, 2.75) is 44.0 Å². The summed E-state index contributed by atoms with van der Waals surface area (Å²) in [5, 5.41) is 4.96. The second-order valence-corrected chi connectivity index (χ2v) is 11.2. The number of nitrogens with one attached hydrogen (secondary N) is 3. The van der Waals surface area contributed by atoms with E-state index >= 15 is 0 Å². The van der Waals surface area contributed by atoms with Crippen molar-refractivity contribution in [3.63, 3.8) is 0 Å². The average molecular weight is 529 g/mol. The molecule has 0 aliphatic rings. The Morgan fingerprint density at radius 3 is 2.08 bits per heavy atom. The molecule has 0 fully saturated rings. The summed E-state index contributed by atoms with van der Waals surface area (Å²) in [5.74, 6) is -0.641. The molecular weight excluding hydrogens is 500 g/mol. The van der Waals surface area contributed by atoms with Crippen LogP contribution in [0, 0.1) is 0 Å². The van der Waals surface area contributed by atoms with Crippen LogP contribution in [0.2, 0.25) is 5.02 Å². The summed E-state index contributed by atoms with van der Waals surface area (Å²) in [4.78, 5) is 24.7. The van der Waals surface area contributed by atoms with E-state index in [4.69, 9.17) is 17.3 Å². The van der Waals surface area contributed by atoms with Gasteiger partial charge < -0.3 is 11.1 Å². The van der Waals surface area contributed by atoms with Gasteiger partial charge in [0.2, 0.25) is 0 Å². The molecule has 0 saturated heterocycles. The maximum absolute atomic E-state index is 12.7. The fraction of sp³-hybridized carbons (Fsp3) is 0.231. The highest BCUT2D eigenvalue weighted by Gasteiger charge is 2.17. The number of sulfonamides is 1. The highest BCUT2D eigenvalue weighted by atomic mass is 35.5. The van der Waals surface area contributed by atoms with Crippen molar-refractivity contribution in [3.8, 4) is 0 Å². The molecule has 0 aliphatic carbocycles. The van der Waals surface area contributed by atoms with Gasteiger partial charge in [-0.1, -0.05) is 36.7 Å². The van der Waals surface area contributed by atoms with E-state index in [1.54, 1.807) is 30.3 Å². The van der Waals surface area contributed by atoms with E-state index in [0.717, 1.165) is 11.1 Å². The van der Waals surface area contributed by atoms with Gasteiger partial charge in [0.1, 0.15) is 0 Å². The van der Waals surface area contributed by atoms with Crippen molar-refractivity contribution in [2.75, 3.05) is 10.0 Å². The second kappa shape index (κ2) is 11.1. The lowest BCUT2D eigenvalue weighted by Gasteiger charge is -2.18. The van der Waals surface area contributed by atoms with Crippen molar-refractivity contribution < 1.29 is 18.0 Å². The average Bonchev–Trinajstić information content (AvgIpc) is 2.80. The van der Waals surface area contributed by atoms with Crippen LogP contribution in [0.4, 0.5) is 16.2 Å². The number of urea groups is 1. The van der Waals surface area contributed by atoms with E-state index in [2.05, 4.69) is 15.4 Å². The Kier molecular flexibility index (Phi) is 8.39. The number of carbonyl (C=O) groups excluding carboxylic acids is 2. The number of benzene rings is 3. The minimum absolute atomic E-state index is 0.0138. The van der Waals surface area contributed by atoms with Gasteiger partial charge in [-0.05, 0) is 86.3 Å². The van der Waals surface area contributed by atoms with Gasteiger partial charge in [0.05, 0.1) is 15.5 Å². The largest absolute Gasteiger partial charge is 0.326 e. The first-order chi connectivity index (χ1) is 16.9. The molecule has 36 heavy (non-hydrogen) atoms. The van der Waals surface area contributed by atoms with Crippen LogP contribution in [0.25, 0.3) is 0 Å². The van der Waals surface area contributed by atoms with Crippen molar-refractivity contribution >= 4 is 44.9 Å². The summed E-state index contributed by atoms with van der Waals surface area (Å²) in [6.07, 6.45) is 1.37. The molecule has 0 radical (unpaired) electrons. The molecule has 0 unspecified atom stereocenters. The molecule has 5 N–H and O–H groups in total. The molecule has 3 aromatic carbocycles. The summed E-state index contributed by atoms with van der Waals surface area (Å²) < 4.78 is 28.0. The van der Waals surface area contributed by atoms with E-state index < -0.39 is 22.0 Å². The molecule has 10 heteroatoms. The number of rotatable bonds is 8. The zero-order valence-electron chi connectivity index (χ0n) is 20.3. The van der Waals surface area contributed by atoms with Gasteiger partial charge in [0, 0.05) is 16.9 Å². The molecule has 0 aromatic heterocycles. The Morgan fingerprint density at radius 2 is 1.50 bits per heavy atom. The maximum Gasteiger partial charge on any atom is 0.326 e. The predicted octanol–water partition coefficient (Wildman–Crippen LogP) is 4.94. The number of carbonyl (C=O) groups is 2. The van der Waals surface area contributed by atoms with E-state index in [1.807, 2.05) is 32.9 Å². The summed E-state index contributed by atoms with van der Waals surface area (Å²) in [6, 6.07) is 16.8. The van der Waals surface area contributed by atoms with Gasteiger partial charge in [-0.3, -0.25) is 14.8 Å². The summed E-state index contributed by atoms with van der Waals surface area (Å²) >= 11 is 6.08. The van der Waals surface area contributed by atoms with Crippen LogP contribution in [0.5, 0.6) is 0 Å². The Morgan fingerprint density at radius 1 is 0.917 bits per heavy atom. The minimum Gasteiger partial charge on any atom is -0.325 e. The van der Waals surface area contributed by atoms with Crippen molar-refractivity contribution in [1.82, 2.24) is 5.32 Å². The molecule has 3 aromatic rings. The topological polar surface area (TPSA) is 130 Å².